The molecule has 0 saturated heterocycles. The molecule has 1 aliphatic carbocycles. The first-order chi connectivity index (χ1) is 9.22. The lowest BCUT2D eigenvalue weighted by Gasteiger charge is -2.32. The average molecular weight is 280 g/mol. The Labute approximate surface area is 118 Å². The summed E-state index contributed by atoms with van der Waals surface area (Å²) in [4.78, 5) is 11.4. The summed E-state index contributed by atoms with van der Waals surface area (Å²) in [5.74, 6) is 0.174. The first-order valence-electron chi connectivity index (χ1n) is 6.41. The summed E-state index contributed by atoms with van der Waals surface area (Å²) in [6.45, 7) is 0. The van der Waals surface area contributed by atoms with Gasteiger partial charge in [-0.15, -0.1) is 11.6 Å². The molecule has 0 heterocycles. The highest BCUT2D eigenvalue weighted by atomic mass is 35.5. The number of carbonyl (C=O) groups excluding carboxylic acids is 1. The lowest BCUT2D eigenvalue weighted by atomic mass is 9.84. The van der Waals surface area contributed by atoms with Crippen LogP contribution in [0.1, 0.15) is 23.8 Å². The maximum atomic E-state index is 11.4. The first kappa shape index (κ1) is 13.9. The third kappa shape index (κ3) is 3.51. The molecule has 0 bridgehead atoms. The first-order valence-corrected chi connectivity index (χ1v) is 6.84. The van der Waals surface area contributed by atoms with Gasteiger partial charge in [-0.25, -0.2) is 4.79 Å². The van der Waals surface area contributed by atoms with Gasteiger partial charge in [-0.05, 0) is 18.4 Å². The van der Waals surface area contributed by atoms with Crippen molar-refractivity contribution in [2.75, 3.05) is 7.11 Å². The third-order valence-electron chi connectivity index (χ3n) is 3.46. The summed E-state index contributed by atoms with van der Waals surface area (Å²) >= 11 is 6.58. The molecule has 1 N–H and O–H groups in total. The summed E-state index contributed by atoms with van der Waals surface area (Å²) in [7, 11) is 1.37. The van der Waals surface area contributed by atoms with Gasteiger partial charge in [0.05, 0.1) is 12.5 Å². The minimum Gasteiger partial charge on any atom is -0.453 e. The van der Waals surface area contributed by atoms with Gasteiger partial charge in [0.25, 0.3) is 0 Å². The maximum Gasteiger partial charge on any atom is 0.407 e. The van der Waals surface area contributed by atoms with Crippen LogP contribution in [0.3, 0.4) is 0 Å². The summed E-state index contributed by atoms with van der Waals surface area (Å²) in [6.07, 6.45) is 5.44. The van der Waals surface area contributed by atoms with Crippen LogP contribution >= 0.6 is 11.6 Å². The van der Waals surface area contributed by atoms with E-state index in [-0.39, 0.29) is 17.3 Å². The molecule has 19 heavy (non-hydrogen) atoms. The average Bonchev–Trinajstić information content (AvgIpc) is 2.48. The highest BCUT2D eigenvalue weighted by Gasteiger charge is 2.31. The van der Waals surface area contributed by atoms with E-state index in [0.717, 1.165) is 18.4 Å². The fourth-order valence-electron chi connectivity index (χ4n) is 2.42. The van der Waals surface area contributed by atoms with Crippen molar-refractivity contribution >= 4 is 17.7 Å². The maximum absolute atomic E-state index is 11.4. The number of alkyl carbamates (subject to hydrolysis) is 1. The standard InChI is InChI=1S/C15H18ClNO2/c1-19-15(18)17-13-10-6-5-9-12(13)14(16)11-7-3-2-4-8-11/h2-8,12-14H,9-10H2,1H3,(H,17,18). The number of hydrogen-bond acceptors (Lipinski definition) is 2. The van der Waals surface area contributed by atoms with E-state index < -0.39 is 6.09 Å². The lowest BCUT2D eigenvalue weighted by molar-refractivity contribution is 0.160. The fourth-order valence-corrected chi connectivity index (χ4v) is 2.84. The molecular weight excluding hydrogens is 262 g/mol. The third-order valence-corrected chi connectivity index (χ3v) is 4.04. The fraction of sp³-hybridized carbons (Fsp3) is 0.400. The Balaban J connectivity index is 2.11. The van der Waals surface area contributed by atoms with E-state index in [1.54, 1.807) is 0 Å². The van der Waals surface area contributed by atoms with E-state index in [9.17, 15) is 4.79 Å². The molecule has 1 aromatic carbocycles. The molecule has 0 fully saturated rings. The van der Waals surface area contributed by atoms with Crippen LogP contribution in [0.2, 0.25) is 0 Å². The van der Waals surface area contributed by atoms with Crippen molar-refractivity contribution in [3.05, 3.63) is 48.0 Å². The van der Waals surface area contributed by atoms with Gasteiger partial charge in [0.15, 0.2) is 0 Å². The van der Waals surface area contributed by atoms with Gasteiger partial charge in [0.2, 0.25) is 0 Å². The van der Waals surface area contributed by atoms with Crippen molar-refractivity contribution < 1.29 is 9.53 Å². The van der Waals surface area contributed by atoms with Crippen LogP contribution in [0.15, 0.2) is 42.5 Å². The van der Waals surface area contributed by atoms with E-state index >= 15 is 0 Å². The second-order valence-electron chi connectivity index (χ2n) is 4.66. The number of hydrogen-bond donors (Lipinski definition) is 1. The molecule has 0 aliphatic heterocycles. The van der Waals surface area contributed by atoms with Crippen LogP contribution in [-0.4, -0.2) is 19.2 Å². The van der Waals surface area contributed by atoms with Gasteiger partial charge >= 0.3 is 6.09 Å². The molecule has 0 saturated carbocycles. The molecule has 3 unspecified atom stereocenters. The van der Waals surface area contributed by atoms with Crippen molar-refractivity contribution in [3.63, 3.8) is 0 Å². The van der Waals surface area contributed by atoms with Gasteiger partial charge in [0.1, 0.15) is 0 Å². The van der Waals surface area contributed by atoms with E-state index in [4.69, 9.17) is 11.6 Å². The Morgan fingerprint density at radius 3 is 2.68 bits per heavy atom. The van der Waals surface area contributed by atoms with Crippen molar-refractivity contribution in [2.24, 2.45) is 5.92 Å². The number of ether oxygens (including phenoxy) is 1. The number of allylic oxidation sites excluding steroid dienone is 1. The SMILES string of the molecule is COC(=O)NC1CC=CCC1C(Cl)c1ccccc1. The van der Waals surface area contributed by atoms with Crippen LogP contribution in [0.25, 0.3) is 0 Å². The topological polar surface area (TPSA) is 38.3 Å². The van der Waals surface area contributed by atoms with E-state index in [1.807, 2.05) is 30.3 Å². The number of methoxy groups -OCH3 is 1. The van der Waals surface area contributed by atoms with Gasteiger partial charge in [-0.3, -0.25) is 0 Å². The smallest absolute Gasteiger partial charge is 0.407 e. The predicted octanol–water partition coefficient (Wildman–Crippen LogP) is 3.66. The molecule has 0 aromatic heterocycles. The molecule has 1 amide bonds. The number of rotatable bonds is 3. The summed E-state index contributed by atoms with van der Waals surface area (Å²) < 4.78 is 4.67. The molecule has 102 valence electrons. The number of halogens is 1. The van der Waals surface area contributed by atoms with Crippen molar-refractivity contribution in [1.82, 2.24) is 5.32 Å². The molecule has 1 aromatic rings. The molecule has 1 aliphatic rings. The van der Waals surface area contributed by atoms with Crippen molar-refractivity contribution in [2.45, 2.75) is 24.3 Å². The van der Waals surface area contributed by atoms with Gasteiger partial charge in [0, 0.05) is 12.0 Å². The minimum absolute atomic E-state index is 0.0140. The van der Waals surface area contributed by atoms with Gasteiger partial charge in [-0.2, -0.15) is 0 Å². The normalized spacial score (nSPS) is 23.7. The Kier molecular flexibility index (Phi) is 4.86. The number of nitrogens with one attached hydrogen (secondary N) is 1. The molecule has 0 spiro atoms. The Bertz CT molecular complexity index is 447. The Morgan fingerprint density at radius 1 is 1.32 bits per heavy atom. The summed E-state index contributed by atoms with van der Waals surface area (Å²) in [5, 5.41) is 2.76. The van der Waals surface area contributed by atoms with Gasteiger partial charge in [-0.1, -0.05) is 42.5 Å². The highest BCUT2D eigenvalue weighted by Crippen LogP contribution is 2.36. The summed E-state index contributed by atoms with van der Waals surface area (Å²) in [6, 6.07) is 9.98. The molecule has 4 heteroatoms. The van der Waals surface area contributed by atoms with Crippen LogP contribution in [0.4, 0.5) is 4.79 Å². The molecular formula is C15H18ClNO2. The van der Waals surface area contributed by atoms with E-state index in [0.29, 0.717) is 0 Å². The largest absolute Gasteiger partial charge is 0.453 e. The second kappa shape index (κ2) is 6.62. The predicted molar refractivity (Wildman–Crippen MR) is 76.2 cm³/mol. The molecule has 0 radical (unpaired) electrons. The second-order valence-corrected chi connectivity index (χ2v) is 5.13. The van der Waals surface area contributed by atoms with Crippen LogP contribution in [0, 0.1) is 5.92 Å². The Hall–Kier alpha value is -1.48. The number of alkyl halides is 1. The number of amides is 1. The lowest BCUT2D eigenvalue weighted by Crippen LogP contribution is -2.42. The van der Waals surface area contributed by atoms with E-state index in [2.05, 4.69) is 22.2 Å². The van der Waals surface area contributed by atoms with E-state index in [1.165, 1.54) is 7.11 Å². The molecule has 3 atom stereocenters. The van der Waals surface area contributed by atoms with Gasteiger partial charge < -0.3 is 10.1 Å². The van der Waals surface area contributed by atoms with Crippen LogP contribution in [0.5, 0.6) is 0 Å². The summed E-state index contributed by atoms with van der Waals surface area (Å²) in [5.41, 5.74) is 1.08. The zero-order chi connectivity index (χ0) is 13.7. The monoisotopic (exact) mass is 279 g/mol. The highest BCUT2D eigenvalue weighted by molar-refractivity contribution is 6.21. The van der Waals surface area contributed by atoms with Crippen molar-refractivity contribution in [1.29, 1.82) is 0 Å². The Morgan fingerprint density at radius 2 is 2.00 bits per heavy atom. The van der Waals surface area contributed by atoms with Crippen LogP contribution in [-0.2, 0) is 4.74 Å². The zero-order valence-electron chi connectivity index (χ0n) is 10.9. The van der Waals surface area contributed by atoms with Crippen LogP contribution < -0.4 is 5.32 Å². The number of carbonyl (C=O) groups is 1. The minimum atomic E-state index is -0.401. The molecule has 3 nitrogen and oxygen atoms in total. The molecule has 2 rings (SSSR count). The number of benzene rings is 1. The van der Waals surface area contributed by atoms with Crippen molar-refractivity contribution in [3.8, 4) is 0 Å². The zero-order valence-corrected chi connectivity index (χ0v) is 11.6. The quantitative estimate of drug-likeness (QED) is 0.677.